The SMILES string of the molecule is CC(Cn1ncnn1)c1ccccc1. The number of benzene rings is 1. The molecule has 0 aliphatic heterocycles. The average Bonchev–Trinajstić information content (AvgIpc) is 2.72. The maximum Gasteiger partial charge on any atom is 0.162 e. The summed E-state index contributed by atoms with van der Waals surface area (Å²) in [5.41, 5.74) is 1.30. The Labute approximate surface area is 82.6 Å². The summed E-state index contributed by atoms with van der Waals surface area (Å²) in [6.45, 7) is 2.92. The van der Waals surface area contributed by atoms with Crippen LogP contribution in [0.3, 0.4) is 0 Å². The molecule has 0 saturated carbocycles. The van der Waals surface area contributed by atoms with E-state index < -0.39 is 0 Å². The van der Waals surface area contributed by atoms with Crippen LogP contribution in [0.1, 0.15) is 18.4 Å². The predicted octanol–water partition coefficient (Wildman–Crippen LogP) is 1.48. The zero-order valence-electron chi connectivity index (χ0n) is 8.04. The zero-order valence-corrected chi connectivity index (χ0v) is 8.04. The molecule has 1 heterocycles. The summed E-state index contributed by atoms with van der Waals surface area (Å²) >= 11 is 0. The molecule has 0 radical (unpaired) electrons. The van der Waals surface area contributed by atoms with E-state index >= 15 is 0 Å². The Morgan fingerprint density at radius 1 is 1.29 bits per heavy atom. The first-order valence-electron chi connectivity index (χ1n) is 4.62. The highest BCUT2D eigenvalue weighted by atomic mass is 15.6. The summed E-state index contributed by atoms with van der Waals surface area (Å²) in [6, 6.07) is 10.3. The van der Waals surface area contributed by atoms with Gasteiger partial charge in [0.1, 0.15) is 0 Å². The Morgan fingerprint density at radius 2 is 2.07 bits per heavy atom. The van der Waals surface area contributed by atoms with Crippen LogP contribution in [0.15, 0.2) is 36.7 Å². The number of tetrazole rings is 1. The van der Waals surface area contributed by atoms with Crippen molar-refractivity contribution in [2.45, 2.75) is 19.4 Å². The summed E-state index contributed by atoms with van der Waals surface area (Å²) in [5.74, 6) is 0.408. The van der Waals surface area contributed by atoms with Gasteiger partial charge in [0, 0.05) is 5.92 Å². The van der Waals surface area contributed by atoms with Gasteiger partial charge in [-0.3, -0.25) is 0 Å². The Balaban J connectivity index is 2.07. The van der Waals surface area contributed by atoms with E-state index in [-0.39, 0.29) is 0 Å². The van der Waals surface area contributed by atoms with E-state index in [1.807, 2.05) is 18.2 Å². The van der Waals surface area contributed by atoms with Crippen LogP contribution in [0, 0.1) is 0 Å². The van der Waals surface area contributed by atoms with Crippen LogP contribution < -0.4 is 0 Å². The van der Waals surface area contributed by atoms with Gasteiger partial charge in [-0.2, -0.15) is 4.80 Å². The molecule has 0 amide bonds. The molecule has 4 heteroatoms. The lowest BCUT2D eigenvalue weighted by molar-refractivity contribution is 0.474. The van der Waals surface area contributed by atoms with Gasteiger partial charge in [0.15, 0.2) is 6.33 Å². The molecule has 1 aromatic carbocycles. The van der Waals surface area contributed by atoms with Gasteiger partial charge in [0.2, 0.25) is 0 Å². The topological polar surface area (TPSA) is 43.6 Å². The van der Waals surface area contributed by atoms with Crippen LogP contribution in [0.25, 0.3) is 0 Å². The van der Waals surface area contributed by atoms with Crippen molar-refractivity contribution in [2.75, 3.05) is 0 Å². The molecule has 1 aromatic heterocycles. The molecule has 0 aliphatic carbocycles. The van der Waals surface area contributed by atoms with Crippen LogP contribution in [-0.4, -0.2) is 20.2 Å². The van der Waals surface area contributed by atoms with Crippen LogP contribution >= 0.6 is 0 Å². The van der Waals surface area contributed by atoms with Crippen molar-refractivity contribution in [2.24, 2.45) is 0 Å². The van der Waals surface area contributed by atoms with E-state index in [9.17, 15) is 0 Å². The van der Waals surface area contributed by atoms with Gasteiger partial charge in [0.25, 0.3) is 0 Å². The fourth-order valence-electron chi connectivity index (χ4n) is 1.40. The molecule has 1 atom stereocenters. The number of hydrogen-bond acceptors (Lipinski definition) is 3. The third-order valence-electron chi connectivity index (χ3n) is 2.20. The van der Waals surface area contributed by atoms with Crippen molar-refractivity contribution in [1.82, 2.24) is 20.2 Å². The van der Waals surface area contributed by atoms with Crippen molar-refractivity contribution < 1.29 is 0 Å². The Kier molecular flexibility index (Phi) is 2.53. The van der Waals surface area contributed by atoms with Crippen molar-refractivity contribution in [3.8, 4) is 0 Å². The van der Waals surface area contributed by atoms with Crippen molar-refractivity contribution >= 4 is 0 Å². The van der Waals surface area contributed by atoms with Gasteiger partial charge in [0.05, 0.1) is 6.54 Å². The van der Waals surface area contributed by atoms with Crippen LogP contribution in [0.4, 0.5) is 0 Å². The molecular formula is C10H12N4. The van der Waals surface area contributed by atoms with Gasteiger partial charge >= 0.3 is 0 Å². The smallest absolute Gasteiger partial charge is 0.162 e. The second kappa shape index (κ2) is 4.00. The van der Waals surface area contributed by atoms with Gasteiger partial charge < -0.3 is 0 Å². The van der Waals surface area contributed by atoms with Gasteiger partial charge in [-0.1, -0.05) is 37.3 Å². The minimum absolute atomic E-state index is 0.408. The lowest BCUT2D eigenvalue weighted by Crippen LogP contribution is -2.09. The minimum atomic E-state index is 0.408. The highest BCUT2D eigenvalue weighted by Gasteiger charge is 2.06. The van der Waals surface area contributed by atoms with Crippen LogP contribution in [0.5, 0.6) is 0 Å². The number of rotatable bonds is 3. The monoisotopic (exact) mass is 188 g/mol. The normalized spacial score (nSPS) is 12.6. The summed E-state index contributed by atoms with van der Waals surface area (Å²) in [7, 11) is 0. The summed E-state index contributed by atoms with van der Waals surface area (Å²) in [5, 5.41) is 11.5. The second-order valence-electron chi connectivity index (χ2n) is 3.30. The summed E-state index contributed by atoms with van der Waals surface area (Å²) in [6.07, 6.45) is 1.46. The molecule has 0 saturated heterocycles. The molecule has 0 N–H and O–H groups in total. The lowest BCUT2D eigenvalue weighted by atomic mass is 10.0. The molecule has 1 unspecified atom stereocenters. The maximum atomic E-state index is 3.98. The van der Waals surface area contributed by atoms with E-state index in [1.165, 1.54) is 11.9 Å². The Morgan fingerprint density at radius 3 is 2.71 bits per heavy atom. The molecule has 0 bridgehead atoms. The lowest BCUT2D eigenvalue weighted by Gasteiger charge is -2.09. The first kappa shape index (κ1) is 8.87. The van der Waals surface area contributed by atoms with Crippen molar-refractivity contribution in [1.29, 1.82) is 0 Å². The fraction of sp³-hybridized carbons (Fsp3) is 0.300. The number of hydrogen-bond donors (Lipinski definition) is 0. The highest BCUT2D eigenvalue weighted by Crippen LogP contribution is 2.15. The molecule has 2 rings (SSSR count). The van der Waals surface area contributed by atoms with Crippen LogP contribution in [0.2, 0.25) is 0 Å². The van der Waals surface area contributed by atoms with Gasteiger partial charge in [-0.05, 0) is 10.8 Å². The van der Waals surface area contributed by atoms with Gasteiger partial charge in [-0.15, -0.1) is 10.2 Å². The third-order valence-corrected chi connectivity index (χ3v) is 2.20. The summed E-state index contributed by atoms with van der Waals surface area (Å²) in [4.78, 5) is 1.61. The Bertz CT molecular complexity index is 368. The largest absolute Gasteiger partial charge is 0.164 e. The van der Waals surface area contributed by atoms with Gasteiger partial charge in [-0.25, -0.2) is 0 Å². The fourth-order valence-corrected chi connectivity index (χ4v) is 1.40. The molecule has 0 fully saturated rings. The predicted molar refractivity (Wildman–Crippen MR) is 52.7 cm³/mol. The third kappa shape index (κ3) is 1.96. The van der Waals surface area contributed by atoms with E-state index in [2.05, 4.69) is 34.5 Å². The van der Waals surface area contributed by atoms with E-state index in [4.69, 9.17) is 0 Å². The minimum Gasteiger partial charge on any atom is -0.164 e. The van der Waals surface area contributed by atoms with E-state index in [1.54, 1.807) is 4.80 Å². The Hall–Kier alpha value is -1.71. The molecule has 14 heavy (non-hydrogen) atoms. The molecular weight excluding hydrogens is 176 g/mol. The first-order chi connectivity index (χ1) is 6.86. The zero-order chi connectivity index (χ0) is 9.80. The van der Waals surface area contributed by atoms with E-state index in [0.29, 0.717) is 5.92 Å². The summed E-state index contributed by atoms with van der Waals surface area (Å²) < 4.78 is 0. The van der Waals surface area contributed by atoms with Crippen LogP contribution in [-0.2, 0) is 6.54 Å². The average molecular weight is 188 g/mol. The van der Waals surface area contributed by atoms with E-state index in [0.717, 1.165) is 6.54 Å². The maximum absolute atomic E-state index is 3.98. The number of nitrogens with zero attached hydrogens (tertiary/aromatic N) is 4. The molecule has 2 aromatic rings. The first-order valence-corrected chi connectivity index (χ1v) is 4.62. The molecule has 0 spiro atoms. The molecule has 4 nitrogen and oxygen atoms in total. The molecule has 0 aliphatic rings. The number of aromatic nitrogens is 4. The molecule has 72 valence electrons. The standard InChI is InChI=1S/C10H12N4/c1-9(7-14-12-8-11-13-14)10-5-3-2-4-6-10/h2-6,8-9H,7H2,1H3. The van der Waals surface area contributed by atoms with Crippen molar-refractivity contribution in [3.63, 3.8) is 0 Å². The quantitative estimate of drug-likeness (QED) is 0.732. The highest BCUT2D eigenvalue weighted by molar-refractivity contribution is 5.18. The second-order valence-corrected chi connectivity index (χ2v) is 3.30. The van der Waals surface area contributed by atoms with Crippen molar-refractivity contribution in [3.05, 3.63) is 42.2 Å².